The largest absolute Gasteiger partial charge is 0.387 e. The molecule has 0 aliphatic rings. The van der Waals surface area contributed by atoms with Gasteiger partial charge in [-0.1, -0.05) is 0 Å². The van der Waals surface area contributed by atoms with Crippen LogP contribution in [-0.4, -0.2) is 30.7 Å². The van der Waals surface area contributed by atoms with E-state index in [9.17, 15) is 5.11 Å². The number of aromatic nitrogens is 4. The zero-order valence-electron chi connectivity index (χ0n) is 8.62. The van der Waals surface area contributed by atoms with E-state index in [1.807, 2.05) is 0 Å². The van der Waals surface area contributed by atoms with Crippen LogP contribution >= 0.6 is 0 Å². The summed E-state index contributed by atoms with van der Waals surface area (Å²) < 4.78 is 1.54. The van der Waals surface area contributed by atoms with Gasteiger partial charge in [-0.2, -0.15) is 10.1 Å². The fourth-order valence-electron chi connectivity index (χ4n) is 1.36. The number of aliphatic hydroxyl groups is 1. The molecule has 2 unspecified atom stereocenters. The molecule has 2 aromatic rings. The number of nitrogens with two attached hydrogens (primary N) is 1. The number of nitrogens with zero attached hydrogens (tertiary/aromatic N) is 4. The van der Waals surface area contributed by atoms with Gasteiger partial charge in [-0.25, -0.2) is 9.50 Å². The minimum Gasteiger partial charge on any atom is -0.387 e. The Morgan fingerprint density at radius 2 is 2.27 bits per heavy atom. The molecule has 2 rings (SSSR count). The molecule has 80 valence electrons. The van der Waals surface area contributed by atoms with Gasteiger partial charge >= 0.3 is 0 Å². The predicted octanol–water partition coefficient (Wildman–Crippen LogP) is -0.187. The maximum absolute atomic E-state index is 9.74. The molecule has 15 heavy (non-hydrogen) atoms. The average Bonchev–Trinajstić information content (AvgIpc) is 2.55. The number of fused-ring (bicyclic) bond motifs is 1. The number of rotatable bonds is 2. The first kappa shape index (κ1) is 10.0. The van der Waals surface area contributed by atoms with E-state index in [4.69, 9.17) is 5.73 Å². The van der Waals surface area contributed by atoms with E-state index in [2.05, 4.69) is 15.1 Å². The molecule has 6 nitrogen and oxygen atoms in total. The molecule has 0 aliphatic carbocycles. The van der Waals surface area contributed by atoms with E-state index in [1.165, 1.54) is 4.52 Å². The zero-order chi connectivity index (χ0) is 11.0. The summed E-state index contributed by atoms with van der Waals surface area (Å²) in [6.07, 6.45) is 2.53. The molecule has 2 atom stereocenters. The first-order valence-electron chi connectivity index (χ1n) is 4.70. The first-order chi connectivity index (χ1) is 7.08. The molecule has 6 heteroatoms. The van der Waals surface area contributed by atoms with Crippen molar-refractivity contribution in [2.45, 2.75) is 26.0 Å². The molecule has 0 amide bonds. The lowest BCUT2D eigenvalue weighted by Gasteiger charge is -2.13. The van der Waals surface area contributed by atoms with E-state index in [0.29, 0.717) is 17.2 Å². The second-order valence-corrected chi connectivity index (χ2v) is 3.59. The van der Waals surface area contributed by atoms with Crippen LogP contribution < -0.4 is 5.73 Å². The van der Waals surface area contributed by atoms with Crippen molar-refractivity contribution in [3.8, 4) is 0 Å². The van der Waals surface area contributed by atoms with Gasteiger partial charge in [0.25, 0.3) is 5.78 Å². The van der Waals surface area contributed by atoms with Gasteiger partial charge in [0.15, 0.2) is 0 Å². The summed E-state index contributed by atoms with van der Waals surface area (Å²) in [4.78, 5) is 8.17. The van der Waals surface area contributed by atoms with E-state index < -0.39 is 6.10 Å². The summed E-state index contributed by atoms with van der Waals surface area (Å²) in [7, 11) is 0. The summed E-state index contributed by atoms with van der Waals surface area (Å²) in [5.74, 6) is 1.17. The molecular weight excluding hydrogens is 194 g/mol. The standard InChI is InChI=1S/C9H13N5O/c1-5(10)8(15)7-3-11-9-12-6(2)13-14(9)4-7/h3-5,8,15H,10H2,1-2H3. The summed E-state index contributed by atoms with van der Waals surface area (Å²) in [5.41, 5.74) is 6.24. The van der Waals surface area contributed by atoms with Crippen LogP contribution in [0.5, 0.6) is 0 Å². The van der Waals surface area contributed by atoms with Gasteiger partial charge in [-0.05, 0) is 13.8 Å². The molecule has 0 spiro atoms. The third kappa shape index (κ3) is 1.81. The lowest BCUT2D eigenvalue weighted by Crippen LogP contribution is -2.24. The predicted molar refractivity (Wildman–Crippen MR) is 54.1 cm³/mol. The molecule has 0 radical (unpaired) electrons. The Labute approximate surface area is 86.8 Å². The Morgan fingerprint density at radius 3 is 2.93 bits per heavy atom. The van der Waals surface area contributed by atoms with Crippen molar-refractivity contribution >= 4 is 5.78 Å². The number of aliphatic hydroxyl groups excluding tert-OH is 1. The molecule has 2 heterocycles. The van der Waals surface area contributed by atoms with Crippen molar-refractivity contribution in [2.24, 2.45) is 5.73 Å². The van der Waals surface area contributed by atoms with Gasteiger partial charge < -0.3 is 10.8 Å². The second-order valence-electron chi connectivity index (χ2n) is 3.59. The highest BCUT2D eigenvalue weighted by atomic mass is 16.3. The van der Waals surface area contributed by atoms with Crippen LogP contribution in [-0.2, 0) is 0 Å². The molecule has 0 bridgehead atoms. The van der Waals surface area contributed by atoms with Gasteiger partial charge in [-0.3, -0.25) is 0 Å². The van der Waals surface area contributed by atoms with Gasteiger partial charge in [0, 0.05) is 24.0 Å². The molecule has 0 aliphatic heterocycles. The van der Waals surface area contributed by atoms with Crippen molar-refractivity contribution in [1.29, 1.82) is 0 Å². The second kappa shape index (κ2) is 3.56. The fraction of sp³-hybridized carbons (Fsp3) is 0.444. The number of aryl methyl sites for hydroxylation is 1. The Morgan fingerprint density at radius 1 is 1.53 bits per heavy atom. The summed E-state index contributed by atoms with van der Waals surface area (Å²) in [5, 5.41) is 13.8. The molecule has 0 saturated heterocycles. The van der Waals surface area contributed by atoms with E-state index >= 15 is 0 Å². The van der Waals surface area contributed by atoms with Crippen molar-refractivity contribution in [2.75, 3.05) is 0 Å². The topological polar surface area (TPSA) is 89.3 Å². The summed E-state index contributed by atoms with van der Waals surface area (Å²) in [6, 6.07) is -0.339. The minimum atomic E-state index is -0.730. The quantitative estimate of drug-likeness (QED) is 0.712. The monoisotopic (exact) mass is 207 g/mol. The lowest BCUT2D eigenvalue weighted by molar-refractivity contribution is 0.152. The van der Waals surface area contributed by atoms with Gasteiger partial charge in [-0.15, -0.1) is 0 Å². The van der Waals surface area contributed by atoms with E-state index in [-0.39, 0.29) is 6.04 Å². The SMILES string of the molecule is Cc1nc2ncc(C(O)C(C)N)cn2n1. The van der Waals surface area contributed by atoms with Crippen LogP contribution in [0.1, 0.15) is 24.4 Å². The van der Waals surface area contributed by atoms with Crippen LogP contribution in [0.15, 0.2) is 12.4 Å². The van der Waals surface area contributed by atoms with Crippen LogP contribution in [0.2, 0.25) is 0 Å². The molecule has 2 aromatic heterocycles. The Hall–Kier alpha value is -1.53. The van der Waals surface area contributed by atoms with E-state index in [1.54, 1.807) is 26.2 Å². The Balaban J connectivity index is 2.46. The van der Waals surface area contributed by atoms with Crippen LogP contribution in [0.25, 0.3) is 5.78 Å². The maximum Gasteiger partial charge on any atom is 0.252 e. The highest BCUT2D eigenvalue weighted by Crippen LogP contribution is 2.14. The van der Waals surface area contributed by atoms with Crippen molar-refractivity contribution < 1.29 is 5.11 Å². The van der Waals surface area contributed by atoms with Crippen LogP contribution in [0.3, 0.4) is 0 Å². The Kier molecular flexibility index (Phi) is 2.37. The zero-order valence-corrected chi connectivity index (χ0v) is 8.62. The lowest BCUT2D eigenvalue weighted by atomic mass is 10.1. The van der Waals surface area contributed by atoms with Gasteiger partial charge in [0.1, 0.15) is 5.82 Å². The maximum atomic E-state index is 9.74. The Bertz CT molecular complexity index is 478. The first-order valence-corrected chi connectivity index (χ1v) is 4.70. The number of hydrogen-bond donors (Lipinski definition) is 2. The van der Waals surface area contributed by atoms with Crippen LogP contribution in [0, 0.1) is 6.92 Å². The smallest absolute Gasteiger partial charge is 0.252 e. The molecule has 0 aromatic carbocycles. The summed E-state index contributed by atoms with van der Waals surface area (Å²) >= 11 is 0. The van der Waals surface area contributed by atoms with Gasteiger partial charge in [0.2, 0.25) is 0 Å². The fourth-order valence-corrected chi connectivity index (χ4v) is 1.36. The molecule has 0 saturated carbocycles. The third-order valence-electron chi connectivity index (χ3n) is 2.16. The van der Waals surface area contributed by atoms with Crippen molar-refractivity contribution in [3.63, 3.8) is 0 Å². The molecular formula is C9H13N5O. The number of hydrogen-bond acceptors (Lipinski definition) is 5. The average molecular weight is 207 g/mol. The van der Waals surface area contributed by atoms with Crippen molar-refractivity contribution in [3.05, 3.63) is 23.8 Å². The highest BCUT2D eigenvalue weighted by Gasteiger charge is 2.14. The molecule has 0 fully saturated rings. The van der Waals surface area contributed by atoms with Gasteiger partial charge in [0.05, 0.1) is 6.10 Å². The van der Waals surface area contributed by atoms with E-state index in [0.717, 1.165) is 0 Å². The highest BCUT2D eigenvalue weighted by molar-refractivity contribution is 5.28. The summed E-state index contributed by atoms with van der Waals surface area (Å²) in [6.45, 7) is 3.53. The minimum absolute atomic E-state index is 0.339. The normalized spacial score (nSPS) is 15.5. The molecule has 3 N–H and O–H groups in total. The van der Waals surface area contributed by atoms with Crippen molar-refractivity contribution in [1.82, 2.24) is 19.6 Å². The van der Waals surface area contributed by atoms with Crippen LogP contribution in [0.4, 0.5) is 0 Å². The third-order valence-corrected chi connectivity index (χ3v) is 2.16.